The predicted octanol–water partition coefficient (Wildman–Crippen LogP) is 3.74. The first-order valence-corrected chi connectivity index (χ1v) is 10.7. The zero-order valence-electron chi connectivity index (χ0n) is 17.1. The van der Waals surface area contributed by atoms with Crippen molar-refractivity contribution < 1.29 is 9.53 Å². The number of aryl methyl sites for hydroxylation is 1. The van der Waals surface area contributed by atoms with Crippen LogP contribution in [0.2, 0.25) is 0 Å². The third-order valence-electron chi connectivity index (χ3n) is 5.09. The quantitative estimate of drug-likeness (QED) is 0.465. The Kier molecular flexibility index (Phi) is 6.09. The summed E-state index contributed by atoms with van der Waals surface area (Å²) in [4.78, 5) is 17.6. The van der Waals surface area contributed by atoms with E-state index in [2.05, 4.69) is 15.1 Å². The van der Waals surface area contributed by atoms with Crippen molar-refractivity contribution in [2.24, 2.45) is 0 Å². The van der Waals surface area contributed by atoms with E-state index in [-0.39, 0.29) is 5.91 Å². The molecule has 4 rings (SSSR count). The van der Waals surface area contributed by atoms with E-state index >= 15 is 0 Å². The zero-order valence-corrected chi connectivity index (χ0v) is 17.9. The van der Waals surface area contributed by atoms with Crippen LogP contribution < -0.4 is 9.64 Å². The number of anilines is 1. The Morgan fingerprint density at radius 2 is 1.70 bits per heavy atom. The predicted molar refractivity (Wildman–Crippen MR) is 121 cm³/mol. The fourth-order valence-corrected chi connectivity index (χ4v) is 4.18. The Bertz CT molecular complexity index is 1020. The Morgan fingerprint density at radius 3 is 2.30 bits per heavy atom. The molecule has 1 aliphatic heterocycles. The number of methoxy groups -OCH3 is 1. The van der Waals surface area contributed by atoms with Gasteiger partial charge in [-0.15, -0.1) is 10.2 Å². The second kappa shape index (κ2) is 9.09. The summed E-state index contributed by atoms with van der Waals surface area (Å²) in [6.07, 6.45) is 1.96. The summed E-state index contributed by atoms with van der Waals surface area (Å²) in [7, 11) is 1.65. The molecule has 0 radical (unpaired) electrons. The molecule has 154 valence electrons. The molecule has 0 spiro atoms. The summed E-state index contributed by atoms with van der Waals surface area (Å²) in [5, 5.41) is 10.2. The Morgan fingerprint density at radius 1 is 1.00 bits per heavy atom. The van der Waals surface area contributed by atoms with Gasteiger partial charge in [0.05, 0.1) is 7.11 Å². The fraction of sp³-hybridized carbons (Fsp3) is 0.261. The molecule has 2 heterocycles. The van der Waals surface area contributed by atoms with Crippen LogP contribution in [0.4, 0.5) is 5.13 Å². The molecular formula is C23H24N4O2S. The molecule has 1 saturated heterocycles. The van der Waals surface area contributed by atoms with Gasteiger partial charge in [-0.1, -0.05) is 53.8 Å². The van der Waals surface area contributed by atoms with E-state index in [0.717, 1.165) is 40.1 Å². The summed E-state index contributed by atoms with van der Waals surface area (Å²) in [5.74, 6) is 0.841. The molecule has 1 aliphatic rings. The number of nitrogens with zero attached hydrogens (tertiary/aromatic N) is 4. The Hall–Kier alpha value is -3.19. The van der Waals surface area contributed by atoms with Crippen molar-refractivity contribution in [3.63, 3.8) is 0 Å². The number of amides is 1. The normalized spacial score (nSPS) is 14.7. The van der Waals surface area contributed by atoms with E-state index in [0.29, 0.717) is 18.7 Å². The molecule has 3 aromatic rings. The van der Waals surface area contributed by atoms with Gasteiger partial charge in [0, 0.05) is 31.8 Å². The molecule has 6 nitrogen and oxygen atoms in total. The molecule has 0 unspecified atom stereocenters. The number of benzene rings is 2. The highest BCUT2D eigenvalue weighted by atomic mass is 32.1. The lowest BCUT2D eigenvalue weighted by Gasteiger charge is -2.34. The molecule has 1 fully saturated rings. The number of carbonyl (C=O) groups excluding carboxylic acids is 1. The van der Waals surface area contributed by atoms with E-state index in [4.69, 9.17) is 4.74 Å². The van der Waals surface area contributed by atoms with Crippen LogP contribution in [0.15, 0.2) is 54.6 Å². The fourth-order valence-electron chi connectivity index (χ4n) is 3.44. The second-order valence-corrected chi connectivity index (χ2v) is 8.24. The van der Waals surface area contributed by atoms with Crippen molar-refractivity contribution in [1.29, 1.82) is 0 Å². The molecule has 0 bridgehead atoms. The topological polar surface area (TPSA) is 58.6 Å². The largest absolute Gasteiger partial charge is 0.497 e. The molecule has 0 saturated carbocycles. The summed E-state index contributed by atoms with van der Waals surface area (Å²) >= 11 is 1.59. The van der Waals surface area contributed by atoms with Crippen LogP contribution in [0.3, 0.4) is 0 Å². The van der Waals surface area contributed by atoms with Gasteiger partial charge < -0.3 is 14.5 Å². The van der Waals surface area contributed by atoms with Gasteiger partial charge in [-0.25, -0.2) is 0 Å². The highest BCUT2D eigenvalue weighted by Crippen LogP contribution is 2.25. The maximum Gasteiger partial charge on any atom is 0.254 e. The molecule has 1 amide bonds. The highest BCUT2D eigenvalue weighted by Gasteiger charge is 2.25. The van der Waals surface area contributed by atoms with E-state index in [1.54, 1.807) is 18.4 Å². The summed E-state index contributed by atoms with van der Waals surface area (Å²) < 4.78 is 5.24. The number of hydrogen-bond donors (Lipinski definition) is 0. The zero-order chi connectivity index (χ0) is 20.9. The van der Waals surface area contributed by atoms with Crippen LogP contribution in [-0.2, 0) is 4.79 Å². The van der Waals surface area contributed by atoms with Crippen molar-refractivity contribution in [2.75, 3.05) is 38.2 Å². The van der Waals surface area contributed by atoms with Crippen LogP contribution in [0.25, 0.3) is 11.6 Å². The minimum atomic E-state index is 0.0464. The minimum absolute atomic E-state index is 0.0464. The van der Waals surface area contributed by atoms with Crippen molar-refractivity contribution in [2.45, 2.75) is 6.92 Å². The van der Waals surface area contributed by atoms with Gasteiger partial charge in [-0.3, -0.25) is 4.79 Å². The van der Waals surface area contributed by atoms with E-state index in [9.17, 15) is 4.79 Å². The van der Waals surface area contributed by atoms with Crippen LogP contribution in [0.5, 0.6) is 5.75 Å². The molecular weight excluding hydrogens is 396 g/mol. The Balaban J connectivity index is 1.55. The van der Waals surface area contributed by atoms with Crippen LogP contribution in [-0.4, -0.2) is 54.3 Å². The lowest BCUT2D eigenvalue weighted by molar-refractivity contribution is -0.125. The minimum Gasteiger partial charge on any atom is -0.497 e. The van der Waals surface area contributed by atoms with Gasteiger partial charge in [-0.2, -0.15) is 0 Å². The number of piperazine rings is 1. The molecule has 30 heavy (non-hydrogen) atoms. The molecule has 1 aromatic heterocycles. The first-order chi connectivity index (χ1) is 14.6. The lowest BCUT2D eigenvalue weighted by atomic mass is 10.0. The first-order valence-electron chi connectivity index (χ1n) is 9.89. The number of carbonyl (C=O) groups is 1. The lowest BCUT2D eigenvalue weighted by Crippen LogP contribution is -2.49. The van der Waals surface area contributed by atoms with E-state index in [1.165, 1.54) is 0 Å². The first kappa shape index (κ1) is 20.1. The van der Waals surface area contributed by atoms with Crippen molar-refractivity contribution in [1.82, 2.24) is 15.1 Å². The SMILES string of the molecule is COc1ccc(/C=C(/C(=O)N2CCN(c3nnc(C)s3)CC2)c2ccccc2)cc1. The Labute approximate surface area is 180 Å². The van der Waals surface area contributed by atoms with Gasteiger partial charge in [0.15, 0.2) is 0 Å². The van der Waals surface area contributed by atoms with Crippen LogP contribution >= 0.6 is 11.3 Å². The molecule has 0 aliphatic carbocycles. The number of rotatable bonds is 5. The van der Waals surface area contributed by atoms with Crippen molar-refractivity contribution in [3.8, 4) is 5.75 Å². The van der Waals surface area contributed by atoms with Crippen molar-refractivity contribution >= 4 is 34.0 Å². The average molecular weight is 421 g/mol. The maximum absolute atomic E-state index is 13.5. The van der Waals surface area contributed by atoms with Gasteiger partial charge >= 0.3 is 0 Å². The van der Waals surface area contributed by atoms with Gasteiger partial charge in [0.2, 0.25) is 5.13 Å². The smallest absolute Gasteiger partial charge is 0.254 e. The number of hydrogen-bond acceptors (Lipinski definition) is 6. The third kappa shape index (κ3) is 4.52. The standard InChI is InChI=1S/C23H24N4O2S/c1-17-24-25-23(30-17)27-14-12-26(13-15-27)22(28)21(19-6-4-3-5-7-19)16-18-8-10-20(29-2)11-9-18/h3-11,16H,12-15H2,1-2H3/b21-16+. The highest BCUT2D eigenvalue weighted by molar-refractivity contribution is 7.15. The summed E-state index contributed by atoms with van der Waals surface area (Å²) in [6, 6.07) is 17.6. The van der Waals surface area contributed by atoms with Gasteiger partial charge in [0.1, 0.15) is 10.8 Å². The second-order valence-electron chi connectivity index (χ2n) is 7.08. The van der Waals surface area contributed by atoms with Gasteiger partial charge in [0.25, 0.3) is 5.91 Å². The number of aromatic nitrogens is 2. The van der Waals surface area contributed by atoms with Gasteiger partial charge in [-0.05, 0) is 36.3 Å². The van der Waals surface area contributed by atoms with Crippen LogP contribution in [0.1, 0.15) is 16.1 Å². The van der Waals surface area contributed by atoms with E-state index in [1.807, 2.05) is 72.5 Å². The van der Waals surface area contributed by atoms with Crippen molar-refractivity contribution in [3.05, 3.63) is 70.7 Å². The molecule has 0 atom stereocenters. The van der Waals surface area contributed by atoms with Crippen LogP contribution in [0, 0.1) is 6.92 Å². The summed E-state index contributed by atoms with van der Waals surface area (Å²) in [6.45, 7) is 4.78. The molecule has 0 N–H and O–H groups in total. The third-order valence-corrected chi connectivity index (χ3v) is 5.99. The molecule has 2 aromatic carbocycles. The molecule has 7 heteroatoms. The average Bonchev–Trinajstić information content (AvgIpc) is 3.24. The number of ether oxygens (including phenoxy) is 1. The van der Waals surface area contributed by atoms with E-state index < -0.39 is 0 Å². The maximum atomic E-state index is 13.5. The summed E-state index contributed by atoms with van der Waals surface area (Å²) in [5.41, 5.74) is 2.58. The monoisotopic (exact) mass is 420 g/mol.